The number of carboxylic acids is 1. The fourth-order valence-corrected chi connectivity index (χ4v) is 1.94. The average molecular weight is 258 g/mol. The van der Waals surface area contributed by atoms with Gasteiger partial charge < -0.3 is 20.8 Å². The Morgan fingerprint density at radius 2 is 2.00 bits per heavy atom. The molecule has 18 heavy (non-hydrogen) atoms. The number of nitrogens with zero attached hydrogens (tertiary/aromatic N) is 1. The van der Waals surface area contributed by atoms with Gasteiger partial charge >= 0.3 is 5.97 Å². The number of aliphatic carboxylic acids is 1. The second kappa shape index (κ2) is 5.24. The standard InChI is InChI=1S/C12H22N2O4/c1-12(2,3)9(13)5-10(16)14-6-7(15)4-8(14)11(17)18/h7-9,15H,4-6,13H2,1-3H3,(H,17,18)/t7-,8-,9?/m0/s1. The molecule has 1 amide bonds. The van der Waals surface area contributed by atoms with Crippen molar-refractivity contribution in [2.75, 3.05) is 6.54 Å². The summed E-state index contributed by atoms with van der Waals surface area (Å²) in [7, 11) is 0. The molecule has 3 atom stereocenters. The highest BCUT2D eigenvalue weighted by molar-refractivity contribution is 5.84. The molecule has 1 heterocycles. The number of aliphatic hydroxyl groups is 1. The molecule has 0 aromatic carbocycles. The number of carboxylic acid groups (broad SMARTS) is 1. The SMILES string of the molecule is CC(C)(C)C(N)CC(=O)N1C[C@@H](O)C[C@H]1C(=O)O. The molecule has 1 aliphatic rings. The van der Waals surface area contributed by atoms with E-state index >= 15 is 0 Å². The lowest BCUT2D eigenvalue weighted by Gasteiger charge is -2.29. The van der Waals surface area contributed by atoms with Crippen molar-refractivity contribution < 1.29 is 19.8 Å². The zero-order chi connectivity index (χ0) is 14.1. The van der Waals surface area contributed by atoms with Crippen molar-refractivity contribution >= 4 is 11.9 Å². The Labute approximate surface area is 107 Å². The summed E-state index contributed by atoms with van der Waals surface area (Å²) in [5, 5.41) is 18.5. The van der Waals surface area contributed by atoms with E-state index in [0.29, 0.717) is 0 Å². The number of aliphatic hydroxyl groups excluding tert-OH is 1. The Balaban J connectivity index is 2.69. The second-order valence-corrected chi connectivity index (χ2v) is 5.97. The lowest BCUT2D eigenvalue weighted by atomic mass is 9.85. The zero-order valence-corrected chi connectivity index (χ0v) is 11.1. The van der Waals surface area contributed by atoms with Crippen molar-refractivity contribution in [3.05, 3.63) is 0 Å². The molecule has 0 aliphatic carbocycles. The summed E-state index contributed by atoms with van der Waals surface area (Å²) in [5.41, 5.74) is 5.70. The van der Waals surface area contributed by atoms with Gasteiger partial charge in [-0.05, 0) is 5.41 Å². The lowest BCUT2D eigenvalue weighted by molar-refractivity contribution is -0.148. The molecular weight excluding hydrogens is 236 g/mol. The maximum Gasteiger partial charge on any atom is 0.326 e. The van der Waals surface area contributed by atoms with Crippen LogP contribution in [-0.4, -0.2) is 51.7 Å². The van der Waals surface area contributed by atoms with Crippen LogP contribution < -0.4 is 5.73 Å². The Morgan fingerprint density at radius 1 is 1.44 bits per heavy atom. The molecule has 6 heteroatoms. The summed E-state index contributed by atoms with van der Waals surface area (Å²) < 4.78 is 0. The van der Waals surface area contributed by atoms with E-state index in [2.05, 4.69) is 0 Å². The number of nitrogens with two attached hydrogens (primary N) is 1. The van der Waals surface area contributed by atoms with Crippen LogP contribution in [0.5, 0.6) is 0 Å². The third-order valence-electron chi connectivity index (χ3n) is 3.39. The first kappa shape index (κ1) is 14.9. The third-order valence-corrected chi connectivity index (χ3v) is 3.39. The Bertz CT molecular complexity index is 337. The lowest BCUT2D eigenvalue weighted by Crippen LogP contribution is -2.45. The van der Waals surface area contributed by atoms with Gasteiger partial charge in [-0.25, -0.2) is 4.79 Å². The van der Waals surface area contributed by atoms with E-state index < -0.39 is 18.1 Å². The number of carbonyl (C=O) groups is 2. The molecule has 4 N–H and O–H groups in total. The minimum Gasteiger partial charge on any atom is -0.480 e. The van der Waals surface area contributed by atoms with E-state index in [1.54, 1.807) is 0 Å². The van der Waals surface area contributed by atoms with Crippen LogP contribution in [0.3, 0.4) is 0 Å². The van der Waals surface area contributed by atoms with E-state index in [1.807, 2.05) is 20.8 Å². The van der Waals surface area contributed by atoms with E-state index in [4.69, 9.17) is 10.8 Å². The first-order valence-electron chi connectivity index (χ1n) is 6.09. The number of likely N-dealkylation sites (tertiary alicyclic amines) is 1. The first-order valence-corrected chi connectivity index (χ1v) is 6.09. The fourth-order valence-electron chi connectivity index (χ4n) is 1.94. The van der Waals surface area contributed by atoms with Gasteiger partial charge in [-0.1, -0.05) is 20.8 Å². The second-order valence-electron chi connectivity index (χ2n) is 5.97. The molecule has 0 spiro atoms. The van der Waals surface area contributed by atoms with Crippen molar-refractivity contribution in [3.63, 3.8) is 0 Å². The highest BCUT2D eigenvalue weighted by Gasteiger charge is 2.39. The van der Waals surface area contributed by atoms with Crippen LogP contribution in [0, 0.1) is 5.41 Å². The summed E-state index contributed by atoms with van der Waals surface area (Å²) in [6, 6.07) is -1.27. The van der Waals surface area contributed by atoms with Gasteiger partial charge in [-0.2, -0.15) is 0 Å². The number of hydrogen-bond acceptors (Lipinski definition) is 4. The van der Waals surface area contributed by atoms with Crippen molar-refractivity contribution in [1.29, 1.82) is 0 Å². The van der Waals surface area contributed by atoms with Crippen molar-refractivity contribution in [3.8, 4) is 0 Å². The summed E-state index contributed by atoms with van der Waals surface area (Å²) >= 11 is 0. The Kier molecular flexibility index (Phi) is 4.34. The maximum atomic E-state index is 12.0. The molecule has 1 saturated heterocycles. The predicted molar refractivity (Wildman–Crippen MR) is 65.8 cm³/mol. The maximum absolute atomic E-state index is 12.0. The van der Waals surface area contributed by atoms with Gasteiger partial charge in [-0.15, -0.1) is 0 Å². The van der Waals surface area contributed by atoms with Gasteiger partial charge in [0.15, 0.2) is 0 Å². The summed E-state index contributed by atoms with van der Waals surface area (Å²) in [5.74, 6) is -1.38. The molecule has 6 nitrogen and oxygen atoms in total. The highest BCUT2D eigenvalue weighted by atomic mass is 16.4. The molecular formula is C12H22N2O4. The third kappa shape index (κ3) is 3.43. The van der Waals surface area contributed by atoms with Gasteiger partial charge in [0, 0.05) is 25.4 Å². The quantitative estimate of drug-likeness (QED) is 0.650. The van der Waals surface area contributed by atoms with Crippen LogP contribution in [0.4, 0.5) is 0 Å². The first-order chi connectivity index (χ1) is 8.12. The zero-order valence-electron chi connectivity index (χ0n) is 11.1. The number of rotatable bonds is 3. The molecule has 0 saturated carbocycles. The molecule has 1 fully saturated rings. The van der Waals surface area contributed by atoms with Crippen LogP contribution in [0.1, 0.15) is 33.6 Å². The number of amides is 1. The van der Waals surface area contributed by atoms with E-state index in [9.17, 15) is 14.7 Å². The molecule has 1 rings (SSSR count). The minimum absolute atomic E-state index is 0.0761. The Morgan fingerprint density at radius 3 is 2.44 bits per heavy atom. The highest BCUT2D eigenvalue weighted by Crippen LogP contribution is 2.24. The number of carbonyl (C=O) groups excluding carboxylic acids is 1. The molecule has 1 unspecified atom stereocenters. The van der Waals surface area contributed by atoms with Crippen LogP contribution in [-0.2, 0) is 9.59 Å². The normalized spacial score (nSPS) is 26.2. The van der Waals surface area contributed by atoms with E-state index in [0.717, 1.165) is 0 Å². The average Bonchev–Trinajstić information content (AvgIpc) is 2.58. The monoisotopic (exact) mass is 258 g/mol. The van der Waals surface area contributed by atoms with Crippen LogP contribution in [0.15, 0.2) is 0 Å². The topological polar surface area (TPSA) is 104 Å². The van der Waals surface area contributed by atoms with Crippen molar-refractivity contribution in [2.45, 2.75) is 51.8 Å². The van der Waals surface area contributed by atoms with E-state index in [-0.39, 0.29) is 36.8 Å². The largest absolute Gasteiger partial charge is 0.480 e. The van der Waals surface area contributed by atoms with Gasteiger partial charge in [0.05, 0.1) is 6.10 Å². The van der Waals surface area contributed by atoms with E-state index in [1.165, 1.54) is 4.90 Å². The molecule has 0 radical (unpaired) electrons. The summed E-state index contributed by atoms with van der Waals surface area (Å²) in [4.78, 5) is 24.3. The molecule has 1 aliphatic heterocycles. The number of β-amino-alcohol motifs (C(OH)–C–C–N with tert-alkyl or cyclic N) is 1. The van der Waals surface area contributed by atoms with Gasteiger partial charge in [0.2, 0.25) is 5.91 Å². The minimum atomic E-state index is -1.08. The van der Waals surface area contributed by atoms with Gasteiger partial charge in [0.25, 0.3) is 0 Å². The molecule has 0 bridgehead atoms. The fraction of sp³-hybridized carbons (Fsp3) is 0.833. The van der Waals surface area contributed by atoms with Crippen LogP contribution >= 0.6 is 0 Å². The molecule has 104 valence electrons. The van der Waals surface area contributed by atoms with Crippen LogP contribution in [0.25, 0.3) is 0 Å². The van der Waals surface area contributed by atoms with Crippen molar-refractivity contribution in [1.82, 2.24) is 4.90 Å². The van der Waals surface area contributed by atoms with Crippen LogP contribution in [0.2, 0.25) is 0 Å². The van der Waals surface area contributed by atoms with Gasteiger partial charge in [0.1, 0.15) is 6.04 Å². The smallest absolute Gasteiger partial charge is 0.326 e. The predicted octanol–water partition coefficient (Wildman–Crippen LogP) is -0.204. The molecule has 0 aromatic heterocycles. The summed E-state index contributed by atoms with van der Waals surface area (Å²) in [6.07, 6.45) is -0.577. The molecule has 0 aromatic rings. The number of hydrogen-bond donors (Lipinski definition) is 3. The summed E-state index contributed by atoms with van der Waals surface area (Å²) in [6.45, 7) is 5.86. The Hall–Kier alpha value is -1.14. The van der Waals surface area contributed by atoms with Crippen molar-refractivity contribution in [2.24, 2.45) is 11.1 Å². The van der Waals surface area contributed by atoms with Gasteiger partial charge in [-0.3, -0.25) is 4.79 Å².